The molecule has 0 atom stereocenters. The molecule has 3 rings (SSSR count). The average Bonchev–Trinajstić information content (AvgIpc) is 2.96. The molecule has 0 aliphatic heterocycles. The molecule has 1 N–H and O–H groups in total. The van der Waals surface area contributed by atoms with Crippen LogP contribution in [0, 0.1) is 6.92 Å². The van der Waals surface area contributed by atoms with Gasteiger partial charge in [-0.3, -0.25) is 0 Å². The minimum atomic E-state index is 0.709. The lowest BCUT2D eigenvalue weighted by Crippen LogP contribution is -2.15. The van der Waals surface area contributed by atoms with Gasteiger partial charge in [-0.25, -0.2) is 4.98 Å². The molecule has 0 fully saturated rings. The maximum absolute atomic E-state index is 5.85. The second-order valence-electron chi connectivity index (χ2n) is 6.04. The molecular formula is C20H25N3O. The number of ether oxygens (including phenoxy) is 1. The second kappa shape index (κ2) is 7.97. The van der Waals surface area contributed by atoms with E-state index in [1.54, 1.807) is 0 Å². The maximum atomic E-state index is 5.85. The number of imidazole rings is 1. The van der Waals surface area contributed by atoms with Gasteiger partial charge in [-0.05, 0) is 44.7 Å². The fraction of sp³-hybridized carbons (Fsp3) is 0.350. The van der Waals surface area contributed by atoms with E-state index < -0.39 is 0 Å². The standard InChI is InChI=1S/C20H25N3O/c1-16-8-10-17(11-9-16)24-15-5-14-23-19-7-4-3-6-18(19)22-20(23)12-13-21-2/h3-4,6-11,21H,5,12-15H2,1-2H3. The van der Waals surface area contributed by atoms with E-state index in [0.717, 1.165) is 43.0 Å². The Morgan fingerprint density at radius 1 is 1.08 bits per heavy atom. The van der Waals surface area contributed by atoms with Crippen LogP contribution in [-0.4, -0.2) is 29.8 Å². The highest BCUT2D eigenvalue weighted by molar-refractivity contribution is 5.75. The molecule has 0 spiro atoms. The number of hydrogen-bond donors (Lipinski definition) is 1. The Labute approximate surface area is 143 Å². The highest BCUT2D eigenvalue weighted by Gasteiger charge is 2.09. The van der Waals surface area contributed by atoms with Gasteiger partial charge in [0.25, 0.3) is 0 Å². The number of aromatic nitrogens is 2. The van der Waals surface area contributed by atoms with E-state index in [1.165, 1.54) is 11.1 Å². The number of hydrogen-bond acceptors (Lipinski definition) is 3. The first-order valence-corrected chi connectivity index (χ1v) is 8.56. The number of likely N-dealkylation sites (N-methyl/N-ethyl adjacent to an activating group) is 1. The Balaban J connectivity index is 1.64. The molecule has 0 aliphatic carbocycles. The van der Waals surface area contributed by atoms with Crippen LogP contribution in [0.25, 0.3) is 11.0 Å². The molecule has 4 heteroatoms. The van der Waals surface area contributed by atoms with Gasteiger partial charge in [0, 0.05) is 19.5 Å². The average molecular weight is 323 g/mol. The molecule has 3 aromatic rings. The molecule has 0 aliphatic rings. The molecule has 24 heavy (non-hydrogen) atoms. The van der Waals surface area contributed by atoms with Gasteiger partial charge in [-0.2, -0.15) is 0 Å². The number of aryl methyl sites for hydroxylation is 2. The van der Waals surface area contributed by atoms with E-state index in [2.05, 4.69) is 47.1 Å². The first-order valence-electron chi connectivity index (χ1n) is 8.56. The van der Waals surface area contributed by atoms with Crippen molar-refractivity contribution in [2.75, 3.05) is 20.2 Å². The lowest BCUT2D eigenvalue weighted by molar-refractivity contribution is 0.301. The minimum absolute atomic E-state index is 0.709. The molecule has 0 unspecified atom stereocenters. The van der Waals surface area contributed by atoms with E-state index in [-0.39, 0.29) is 0 Å². The van der Waals surface area contributed by atoms with Crippen molar-refractivity contribution in [1.82, 2.24) is 14.9 Å². The predicted octanol–water partition coefficient (Wildman–Crippen LogP) is 3.58. The Hall–Kier alpha value is -2.33. The van der Waals surface area contributed by atoms with Crippen molar-refractivity contribution in [3.8, 4) is 5.75 Å². The molecule has 1 aromatic heterocycles. The molecule has 126 valence electrons. The topological polar surface area (TPSA) is 39.1 Å². The minimum Gasteiger partial charge on any atom is -0.494 e. The van der Waals surface area contributed by atoms with Crippen LogP contribution in [0.5, 0.6) is 5.75 Å². The van der Waals surface area contributed by atoms with Gasteiger partial charge in [-0.15, -0.1) is 0 Å². The van der Waals surface area contributed by atoms with E-state index >= 15 is 0 Å². The summed E-state index contributed by atoms with van der Waals surface area (Å²) in [6.45, 7) is 4.65. The van der Waals surface area contributed by atoms with E-state index in [4.69, 9.17) is 9.72 Å². The number of rotatable bonds is 8. The molecule has 0 saturated carbocycles. The lowest BCUT2D eigenvalue weighted by atomic mass is 10.2. The van der Waals surface area contributed by atoms with Gasteiger partial charge >= 0.3 is 0 Å². The third kappa shape index (κ3) is 3.95. The molecule has 0 bridgehead atoms. The van der Waals surface area contributed by atoms with Gasteiger partial charge in [0.15, 0.2) is 0 Å². The fourth-order valence-electron chi connectivity index (χ4n) is 2.85. The molecule has 0 amide bonds. The third-order valence-electron chi connectivity index (χ3n) is 4.15. The van der Waals surface area contributed by atoms with Crippen LogP contribution >= 0.6 is 0 Å². The smallest absolute Gasteiger partial charge is 0.119 e. The second-order valence-corrected chi connectivity index (χ2v) is 6.04. The maximum Gasteiger partial charge on any atom is 0.119 e. The van der Waals surface area contributed by atoms with Gasteiger partial charge in [0.1, 0.15) is 11.6 Å². The summed E-state index contributed by atoms with van der Waals surface area (Å²) in [5, 5.41) is 3.20. The van der Waals surface area contributed by atoms with Crippen LogP contribution < -0.4 is 10.1 Å². The summed E-state index contributed by atoms with van der Waals surface area (Å²) < 4.78 is 8.17. The third-order valence-corrected chi connectivity index (χ3v) is 4.15. The van der Waals surface area contributed by atoms with Crippen molar-refractivity contribution < 1.29 is 4.74 Å². The van der Waals surface area contributed by atoms with Crippen molar-refractivity contribution in [2.24, 2.45) is 0 Å². The van der Waals surface area contributed by atoms with Crippen LogP contribution in [0.2, 0.25) is 0 Å². The quantitative estimate of drug-likeness (QED) is 0.644. The zero-order valence-electron chi connectivity index (χ0n) is 14.5. The summed E-state index contributed by atoms with van der Waals surface area (Å²) in [4.78, 5) is 4.78. The van der Waals surface area contributed by atoms with Crippen LogP contribution in [-0.2, 0) is 13.0 Å². The normalized spacial score (nSPS) is 11.1. The van der Waals surface area contributed by atoms with Gasteiger partial charge in [0.05, 0.1) is 17.6 Å². The number of nitrogens with one attached hydrogen (secondary N) is 1. The summed E-state index contributed by atoms with van der Waals surface area (Å²) in [5.41, 5.74) is 3.53. The number of fused-ring (bicyclic) bond motifs is 1. The molecule has 1 heterocycles. The monoisotopic (exact) mass is 323 g/mol. The van der Waals surface area contributed by atoms with Crippen LogP contribution in [0.1, 0.15) is 17.8 Å². The number of benzene rings is 2. The Morgan fingerprint density at radius 2 is 1.88 bits per heavy atom. The van der Waals surface area contributed by atoms with E-state index in [1.807, 2.05) is 25.2 Å². The summed E-state index contributed by atoms with van der Waals surface area (Å²) >= 11 is 0. The zero-order chi connectivity index (χ0) is 16.8. The number of para-hydroxylation sites is 2. The van der Waals surface area contributed by atoms with Gasteiger partial charge in [0.2, 0.25) is 0 Å². The molecular weight excluding hydrogens is 298 g/mol. The SMILES string of the molecule is CNCCc1nc2ccccc2n1CCCOc1ccc(C)cc1. The first-order chi connectivity index (χ1) is 11.8. The summed E-state index contributed by atoms with van der Waals surface area (Å²) in [7, 11) is 1.97. The van der Waals surface area contributed by atoms with Crippen LogP contribution in [0.15, 0.2) is 48.5 Å². The zero-order valence-corrected chi connectivity index (χ0v) is 14.5. The van der Waals surface area contributed by atoms with E-state index in [0.29, 0.717) is 6.61 Å². The fourth-order valence-corrected chi connectivity index (χ4v) is 2.85. The van der Waals surface area contributed by atoms with Crippen LogP contribution in [0.3, 0.4) is 0 Å². The Morgan fingerprint density at radius 3 is 2.67 bits per heavy atom. The summed E-state index contributed by atoms with van der Waals surface area (Å²) in [6, 6.07) is 16.6. The van der Waals surface area contributed by atoms with Crippen LogP contribution in [0.4, 0.5) is 0 Å². The molecule has 2 aromatic carbocycles. The molecule has 0 saturated heterocycles. The van der Waals surface area contributed by atoms with Crippen molar-refractivity contribution in [1.29, 1.82) is 0 Å². The van der Waals surface area contributed by atoms with Crippen molar-refractivity contribution in [3.05, 3.63) is 59.9 Å². The summed E-state index contributed by atoms with van der Waals surface area (Å²) in [6.07, 6.45) is 1.89. The van der Waals surface area contributed by atoms with Crippen molar-refractivity contribution >= 4 is 11.0 Å². The largest absolute Gasteiger partial charge is 0.494 e. The number of nitrogens with zero attached hydrogens (tertiary/aromatic N) is 2. The highest BCUT2D eigenvalue weighted by Crippen LogP contribution is 2.17. The van der Waals surface area contributed by atoms with Gasteiger partial charge in [-0.1, -0.05) is 29.8 Å². The van der Waals surface area contributed by atoms with Crippen molar-refractivity contribution in [3.63, 3.8) is 0 Å². The molecule has 4 nitrogen and oxygen atoms in total. The van der Waals surface area contributed by atoms with Crippen molar-refractivity contribution in [2.45, 2.75) is 26.3 Å². The van der Waals surface area contributed by atoms with Gasteiger partial charge < -0.3 is 14.6 Å². The Bertz CT molecular complexity index is 777. The lowest BCUT2D eigenvalue weighted by Gasteiger charge is -2.10. The van der Waals surface area contributed by atoms with E-state index in [9.17, 15) is 0 Å². The summed E-state index contributed by atoms with van der Waals surface area (Å²) in [5.74, 6) is 2.08. The Kier molecular flexibility index (Phi) is 5.49. The predicted molar refractivity (Wildman–Crippen MR) is 98.7 cm³/mol. The first kappa shape index (κ1) is 16.5. The highest BCUT2D eigenvalue weighted by atomic mass is 16.5. The molecule has 0 radical (unpaired) electrons.